The number of esters is 1. The predicted octanol–water partition coefficient (Wildman–Crippen LogP) is 0.379. The van der Waals surface area contributed by atoms with Gasteiger partial charge in [0, 0.05) is 0 Å². The molecule has 0 aromatic heterocycles. The summed E-state index contributed by atoms with van der Waals surface area (Å²) in [5.41, 5.74) is 0. The van der Waals surface area contributed by atoms with Gasteiger partial charge in [-0.25, -0.2) is 4.79 Å². The van der Waals surface area contributed by atoms with Crippen molar-refractivity contribution in [3.8, 4) is 0 Å². The lowest BCUT2D eigenvalue weighted by Gasteiger charge is -2.16. The second-order valence-electron chi connectivity index (χ2n) is 2.96. The molecule has 0 spiro atoms. The fourth-order valence-electron chi connectivity index (χ4n) is 0.353. The van der Waals surface area contributed by atoms with Crippen molar-refractivity contribution < 1.29 is 14.0 Å². The summed E-state index contributed by atoms with van der Waals surface area (Å²) in [5, 5.41) is 0. The van der Waals surface area contributed by atoms with E-state index >= 15 is 0 Å². The highest BCUT2D eigenvalue weighted by atomic mass is 16.5. The molecule has 3 nitrogen and oxygen atoms in total. The summed E-state index contributed by atoms with van der Waals surface area (Å²) < 4.78 is 5.03. The van der Waals surface area contributed by atoms with Gasteiger partial charge in [-0.2, -0.15) is 0 Å². The van der Waals surface area contributed by atoms with Crippen LogP contribution in [0.25, 0.3) is 0 Å². The minimum absolute atomic E-state index is 0.312. The summed E-state index contributed by atoms with van der Waals surface area (Å²) in [5.74, 6) is -0.312. The van der Waals surface area contributed by atoms with Crippen LogP contribution in [0.1, 0.15) is 0 Å². The third-order valence-electron chi connectivity index (χ3n) is 0.859. The molecule has 10 heavy (non-hydrogen) atoms. The second-order valence-corrected chi connectivity index (χ2v) is 2.96. The number of rotatable bonds is 2. The van der Waals surface area contributed by atoms with E-state index in [9.17, 15) is 4.79 Å². The van der Waals surface area contributed by atoms with Gasteiger partial charge in [0.2, 0.25) is 0 Å². The van der Waals surface area contributed by atoms with E-state index in [-0.39, 0.29) is 5.97 Å². The van der Waals surface area contributed by atoms with Crippen molar-refractivity contribution in [1.29, 1.82) is 0 Å². The molecule has 0 aromatic rings. The highest BCUT2D eigenvalue weighted by Gasteiger charge is 2.01. The maximum absolute atomic E-state index is 10.5. The molecule has 0 fully saturated rings. The standard InChI is InChI=1S/C7H14NO2/c1-8(2,3)6-5-7(9)10-4/h5-6H,1-4H3/q+1/b6-5+. The zero-order chi connectivity index (χ0) is 8.20. The third kappa shape index (κ3) is 5.31. The summed E-state index contributed by atoms with van der Waals surface area (Å²) in [6, 6.07) is 0. The summed E-state index contributed by atoms with van der Waals surface area (Å²) in [7, 11) is 7.24. The van der Waals surface area contributed by atoms with Crippen LogP contribution in [0.3, 0.4) is 0 Å². The normalized spacial score (nSPS) is 12.0. The molecule has 0 N–H and O–H groups in total. The molecule has 0 unspecified atom stereocenters. The summed E-state index contributed by atoms with van der Waals surface area (Å²) in [6.45, 7) is 0. The van der Waals surface area contributed by atoms with E-state index in [1.165, 1.54) is 13.2 Å². The Hall–Kier alpha value is -0.830. The molecular weight excluding hydrogens is 130 g/mol. The molecule has 0 radical (unpaired) electrons. The smallest absolute Gasteiger partial charge is 0.335 e. The van der Waals surface area contributed by atoms with Gasteiger partial charge < -0.3 is 9.22 Å². The Balaban J connectivity index is 3.88. The van der Waals surface area contributed by atoms with Crippen molar-refractivity contribution in [2.75, 3.05) is 28.3 Å². The van der Waals surface area contributed by atoms with Crippen molar-refractivity contribution in [2.45, 2.75) is 0 Å². The third-order valence-corrected chi connectivity index (χ3v) is 0.859. The lowest BCUT2D eigenvalue weighted by Crippen LogP contribution is -2.27. The van der Waals surface area contributed by atoms with Crippen LogP contribution in [0.5, 0.6) is 0 Å². The Labute approximate surface area is 61.5 Å². The Morgan fingerprint density at radius 3 is 2.20 bits per heavy atom. The molecule has 0 rings (SSSR count). The van der Waals surface area contributed by atoms with E-state index in [2.05, 4.69) is 4.74 Å². The quantitative estimate of drug-likeness (QED) is 0.318. The molecule has 0 saturated heterocycles. The first-order valence-corrected chi connectivity index (χ1v) is 3.04. The van der Waals surface area contributed by atoms with Crippen molar-refractivity contribution in [3.63, 3.8) is 0 Å². The Morgan fingerprint density at radius 2 is 1.90 bits per heavy atom. The first-order valence-electron chi connectivity index (χ1n) is 3.04. The molecule has 58 valence electrons. The monoisotopic (exact) mass is 144 g/mol. The molecule has 0 aromatic carbocycles. The molecule has 0 bridgehead atoms. The highest BCUT2D eigenvalue weighted by molar-refractivity contribution is 5.81. The van der Waals surface area contributed by atoms with Gasteiger partial charge in [-0.1, -0.05) is 0 Å². The SMILES string of the molecule is COC(=O)/C=C/[N+](C)(C)C. The molecule has 3 heteroatoms. The van der Waals surface area contributed by atoms with Crippen LogP contribution in [0.15, 0.2) is 12.3 Å². The van der Waals surface area contributed by atoms with E-state index < -0.39 is 0 Å². The molecule has 0 aliphatic heterocycles. The zero-order valence-electron chi connectivity index (χ0n) is 6.92. The van der Waals surface area contributed by atoms with Gasteiger partial charge in [0.15, 0.2) is 0 Å². The van der Waals surface area contributed by atoms with Gasteiger partial charge in [0.1, 0.15) is 6.20 Å². The Bertz CT molecular complexity index is 144. The maximum Gasteiger partial charge on any atom is 0.335 e. The molecule has 0 heterocycles. The zero-order valence-corrected chi connectivity index (χ0v) is 6.92. The summed E-state index contributed by atoms with van der Waals surface area (Å²) in [6.07, 6.45) is 3.17. The van der Waals surface area contributed by atoms with Gasteiger partial charge in [0.05, 0.1) is 34.3 Å². The van der Waals surface area contributed by atoms with Crippen LogP contribution < -0.4 is 0 Å². The number of nitrogens with zero attached hydrogens (tertiary/aromatic N) is 1. The fourth-order valence-corrected chi connectivity index (χ4v) is 0.353. The molecule has 0 saturated carbocycles. The van der Waals surface area contributed by atoms with Crippen LogP contribution in [0, 0.1) is 0 Å². The lowest BCUT2D eigenvalue weighted by molar-refractivity contribution is -0.817. The topological polar surface area (TPSA) is 26.3 Å². The predicted molar refractivity (Wildman–Crippen MR) is 39.2 cm³/mol. The molecule has 0 atom stereocenters. The number of hydrogen-bond acceptors (Lipinski definition) is 2. The number of carbonyl (C=O) groups excluding carboxylic acids is 1. The molecular formula is C7H14NO2+. The average molecular weight is 144 g/mol. The first-order chi connectivity index (χ1) is 4.45. The molecule has 0 aliphatic carbocycles. The second kappa shape index (κ2) is 3.37. The van der Waals surface area contributed by atoms with Gasteiger partial charge in [-0.05, 0) is 0 Å². The van der Waals surface area contributed by atoms with Gasteiger partial charge >= 0.3 is 5.97 Å². The van der Waals surface area contributed by atoms with E-state index in [1.54, 1.807) is 6.20 Å². The first kappa shape index (κ1) is 9.17. The van der Waals surface area contributed by atoms with Crippen LogP contribution in [0.2, 0.25) is 0 Å². The van der Waals surface area contributed by atoms with Crippen LogP contribution in [-0.4, -0.2) is 38.7 Å². The Morgan fingerprint density at radius 1 is 1.40 bits per heavy atom. The minimum atomic E-state index is -0.312. The lowest BCUT2D eigenvalue weighted by atomic mass is 10.5. The van der Waals surface area contributed by atoms with Crippen LogP contribution in [-0.2, 0) is 9.53 Å². The average Bonchev–Trinajstić information content (AvgIpc) is 1.81. The minimum Gasteiger partial charge on any atom is -0.466 e. The number of ether oxygens (including phenoxy) is 1. The summed E-state index contributed by atoms with van der Waals surface area (Å²) in [4.78, 5) is 10.5. The number of methoxy groups -OCH3 is 1. The maximum atomic E-state index is 10.5. The van der Waals surface area contributed by atoms with Gasteiger partial charge in [-0.3, -0.25) is 0 Å². The highest BCUT2D eigenvalue weighted by Crippen LogP contribution is 1.91. The molecule has 0 aliphatic rings. The van der Waals surface area contributed by atoms with E-state index in [4.69, 9.17) is 0 Å². The van der Waals surface area contributed by atoms with Crippen molar-refractivity contribution in [3.05, 3.63) is 12.3 Å². The Kier molecular flexibility index (Phi) is 3.09. The number of quaternary nitrogens is 1. The van der Waals surface area contributed by atoms with Crippen LogP contribution in [0.4, 0.5) is 0 Å². The fraction of sp³-hybridized carbons (Fsp3) is 0.571. The number of hydrogen-bond donors (Lipinski definition) is 0. The van der Waals surface area contributed by atoms with Crippen molar-refractivity contribution >= 4 is 5.97 Å². The van der Waals surface area contributed by atoms with Crippen molar-refractivity contribution in [2.24, 2.45) is 0 Å². The van der Waals surface area contributed by atoms with Gasteiger partial charge in [-0.15, -0.1) is 0 Å². The largest absolute Gasteiger partial charge is 0.466 e. The van der Waals surface area contributed by atoms with Crippen molar-refractivity contribution in [1.82, 2.24) is 0 Å². The van der Waals surface area contributed by atoms with E-state index in [0.29, 0.717) is 4.48 Å². The number of carbonyl (C=O) groups is 1. The summed E-state index contributed by atoms with van der Waals surface area (Å²) >= 11 is 0. The van der Waals surface area contributed by atoms with E-state index in [0.717, 1.165) is 0 Å². The van der Waals surface area contributed by atoms with Crippen LogP contribution >= 0.6 is 0 Å². The molecule has 0 amide bonds. The van der Waals surface area contributed by atoms with Gasteiger partial charge in [0.25, 0.3) is 0 Å². The van der Waals surface area contributed by atoms with E-state index in [1.807, 2.05) is 21.1 Å².